The van der Waals surface area contributed by atoms with Crippen LogP contribution >= 0.6 is 22.9 Å². The summed E-state index contributed by atoms with van der Waals surface area (Å²) in [5.41, 5.74) is 8.23. The van der Waals surface area contributed by atoms with Gasteiger partial charge in [-0.15, -0.1) is 11.3 Å². The molecule has 0 unspecified atom stereocenters. The van der Waals surface area contributed by atoms with Gasteiger partial charge in [0.1, 0.15) is 12.4 Å². The normalized spacial score (nSPS) is 10.4. The van der Waals surface area contributed by atoms with Crippen LogP contribution in [0.4, 0.5) is 11.4 Å². The molecule has 0 aliphatic carbocycles. The maximum Gasteiger partial charge on any atom is 0.142 e. The molecule has 1 aromatic carbocycles. The third-order valence-corrected chi connectivity index (χ3v) is 3.77. The van der Waals surface area contributed by atoms with Crippen LogP contribution in [0.15, 0.2) is 29.6 Å². The summed E-state index contributed by atoms with van der Waals surface area (Å²) < 4.78 is 6.22. The number of thiophene rings is 1. The highest BCUT2D eigenvalue weighted by Crippen LogP contribution is 2.29. The molecule has 0 radical (unpaired) electrons. The molecular formula is C13H15ClN2O2S. The number of aliphatic hydroxyl groups is 1. The molecule has 4 N–H and O–H groups in total. The van der Waals surface area contributed by atoms with E-state index in [1.165, 1.54) is 11.3 Å². The van der Waals surface area contributed by atoms with Crippen molar-refractivity contribution in [3.63, 3.8) is 0 Å². The number of rotatable bonds is 6. The Balaban J connectivity index is 2.09. The monoisotopic (exact) mass is 298 g/mol. The fraction of sp³-hybridized carbons (Fsp3) is 0.231. The second-order valence-electron chi connectivity index (χ2n) is 3.90. The zero-order valence-electron chi connectivity index (χ0n) is 10.2. The van der Waals surface area contributed by atoms with Gasteiger partial charge in [-0.2, -0.15) is 0 Å². The van der Waals surface area contributed by atoms with Crippen LogP contribution in [-0.2, 0) is 6.54 Å². The third-order valence-electron chi connectivity index (χ3n) is 2.51. The number of nitrogens with two attached hydrogens (primary N) is 1. The predicted octanol–water partition coefficient (Wildman–Crippen LogP) is 2.97. The zero-order valence-corrected chi connectivity index (χ0v) is 11.8. The van der Waals surface area contributed by atoms with Crippen molar-refractivity contribution in [2.75, 3.05) is 24.3 Å². The molecule has 6 heteroatoms. The van der Waals surface area contributed by atoms with Crippen LogP contribution < -0.4 is 15.8 Å². The van der Waals surface area contributed by atoms with Crippen LogP contribution in [0.3, 0.4) is 0 Å². The number of anilines is 2. The molecule has 19 heavy (non-hydrogen) atoms. The molecule has 4 nitrogen and oxygen atoms in total. The van der Waals surface area contributed by atoms with E-state index in [4.69, 9.17) is 27.2 Å². The van der Waals surface area contributed by atoms with Gasteiger partial charge in [-0.05, 0) is 29.6 Å². The summed E-state index contributed by atoms with van der Waals surface area (Å²) in [4.78, 5) is 0. The van der Waals surface area contributed by atoms with Crippen molar-refractivity contribution in [1.82, 2.24) is 0 Å². The number of ether oxygens (including phenoxy) is 1. The topological polar surface area (TPSA) is 67.5 Å². The molecule has 0 spiro atoms. The van der Waals surface area contributed by atoms with E-state index in [0.717, 1.165) is 15.6 Å². The fourth-order valence-corrected chi connectivity index (χ4v) is 2.53. The lowest BCUT2D eigenvalue weighted by molar-refractivity contribution is 0.202. The van der Waals surface area contributed by atoms with Crippen molar-refractivity contribution < 1.29 is 9.84 Å². The summed E-state index contributed by atoms with van der Waals surface area (Å²) in [6, 6.07) is 7.31. The smallest absolute Gasteiger partial charge is 0.142 e. The maximum atomic E-state index is 8.80. The number of nitrogens with one attached hydrogen (secondary N) is 1. The standard InChI is InChI=1S/C13H15ClN2O2S/c14-13-9(3-6-19-13)8-16-11-7-10(15)1-2-12(11)18-5-4-17/h1-3,6-7,16-17H,4-5,8,15H2. The van der Waals surface area contributed by atoms with Gasteiger partial charge in [0.15, 0.2) is 0 Å². The van der Waals surface area contributed by atoms with Gasteiger partial charge in [-0.1, -0.05) is 11.6 Å². The average molecular weight is 299 g/mol. The van der Waals surface area contributed by atoms with E-state index >= 15 is 0 Å². The number of hydrogen-bond donors (Lipinski definition) is 3. The largest absolute Gasteiger partial charge is 0.489 e. The number of aliphatic hydroxyl groups excluding tert-OH is 1. The molecule has 0 aliphatic heterocycles. The molecule has 1 heterocycles. The first-order valence-electron chi connectivity index (χ1n) is 5.79. The van der Waals surface area contributed by atoms with E-state index in [2.05, 4.69) is 5.32 Å². The van der Waals surface area contributed by atoms with E-state index in [9.17, 15) is 0 Å². The summed E-state index contributed by atoms with van der Waals surface area (Å²) in [6.45, 7) is 0.819. The first-order chi connectivity index (χ1) is 9.20. The Bertz CT molecular complexity index is 545. The van der Waals surface area contributed by atoms with Crippen molar-refractivity contribution in [1.29, 1.82) is 0 Å². The Morgan fingerprint density at radius 3 is 2.89 bits per heavy atom. The van der Waals surface area contributed by atoms with E-state index < -0.39 is 0 Å². The third kappa shape index (κ3) is 3.76. The molecule has 0 saturated carbocycles. The Labute approximate surface area is 120 Å². The lowest BCUT2D eigenvalue weighted by Crippen LogP contribution is -2.06. The van der Waals surface area contributed by atoms with Crippen molar-refractivity contribution >= 4 is 34.3 Å². The summed E-state index contributed by atoms with van der Waals surface area (Å²) in [6.07, 6.45) is 0. The van der Waals surface area contributed by atoms with E-state index in [1.807, 2.05) is 11.4 Å². The molecule has 102 valence electrons. The quantitative estimate of drug-likeness (QED) is 0.717. The van der Waals surface area contributed by atoms with Crippen LogP contribution in [-0.4, -0.2) is 18.3 Å². The highest BCUT2D eigenvalue weighted by Gasteiger charge is 2.06. The van der Waals surface area contributed by atoms with Crippen LogP contribution in [0.25, 0.3) is 0 Å². The summed E-state index contributed by atoms with van der Waals surface area (Å²) in [5.74, 6) is 0.662. The molecule has 2 aromatic rings. The molecule has 0 amide bonds. The van der Waals surface area contributed by atoms with Crippen LogP contribution in [0.5, 0.6) is 5.75 Å². The molecule has 0 saturated heterocycles. The Hall–Kier alpha value is -1.43. The molecule has 0 fully saturated rings. The van der Waals surface area contributed by atoms with Crippen molar-refractivity contribution in [3.8, 4) is 5.75 Å². The summed E-state index contributed by atoms with van der Waals surface area (Å²) >= 11 is 7.55. The predicted molar refractivity (Wildman–Crippen MR) is 80.1 cm³/mol. The zero-order chi connectivity index (χ0) is 13.7. The molecule has 2 rings (SSSR count). The Morgan fingerprint density at radius 2 is 2.21 bits per heavy atom. The van der Waals surface area contributed by atoms with Crippen molar-refractivity contribution in [2.45, 2.75) is 6.54 Å². The Kier molecular flexibility index (Phi) is 4.90. The average Bonchev–Trinajstić information content (AvgIpc) is 2.81. The minimum absolute atomic E-state index is 0.0276. The first kappa shape index (κ1) is 14.0. The number of nitrogen functional groups attached to an aromatic ring is 1. The second-order valence-corrected chi connectivity index (χ2v) is 5.42. The highest BCUT2D eigenvalue weighted by molar-refractivity contribution is 7.14. The van der Waals surface area contributed by atoms with Gasteiger partial charge in [0.05, 0.1) is 16.6 Å². The van der Waals surface area contributed by atoms with Crippen molar-refractivity contribution in [3.05, 3.63) is 39.5 Å². The first-order valence-corrected chi connectivity index (χ1v) is 7.05. The van der Waals surface area contributed by atoms with E-state index in [0.29, 0.717) is 18.0 Å². The fourth-order valence-electron chi connectivity index (χ4n) is 1.60. The number of halogens is 1. The minimum atomic E-state index is -0.0276. The highest BCUT2D eigenvalue weighted by atomic mass is 35.5. The SMILES string of the molecule is Nc1ccc(OCCO)c(NCc2ccsc2Cl)c1. The van der Waals surface area contributed by atoms with Gasteiger partial charge in [0, 0.05) is 17.8 Å². The van der Waals surface area contributed by atoms with Gasteiger partial charge < -0.3 is 20.9 Å². The number of hydrogen-bond acceptors (Lipinski definition) is 5. The van der Waals surface area contributed by atoms with Crippen LogP contribution in [0.2, 0.25) is 4.34 Å². The van der Waals surface area contributed by atoms with Gasteiger partial charge in [-0.25, -0.2) is 0 Å². The summed E-state index contributed by atoms with van der Waals surface area (Å²) in [7, 11) is 0. The van der Waals surface area contributed by atoms with Crippen molar-refractivity contribution in [2.24, 2.45) is 0 Å². The van der Waals surface area contributed by atoms with E-state index in [-0.39, 0.29) is 13.2 Å². The minimum Gasteiger partial charge on any atom is -0.489 e. The lowest BCUT2D eigenvalue weighted by atomic mass is 10.2. The molecule has 0 atom stereocenters. The van der Waals surface area contributed by atoms with Crippen LogP contribution in [0, 0.1) is 0 Å². The maximum absolute atomic E-state index is 8.80. The van der Waals surface area contributed by atoms with Gasteiger partial charge in [0.2, 0.25) is 0 Å². The second kappa shape index (κ2) is 6.65. The molecular weight excluding hydrogens is 284 g/mol. The number of benzene rings is 1. The van der Waals surface area contributed by atoms with E-state index in [1.54, 1.807) is 18.2 Å². The van der Waals surface area contributed by atoms with Gasteiger partial charge in [-0.3, -0.25) is 0 Å². The van der Waals surface area contributed by atoms with Gasteiger partial charge in [0.25, 0.3) is 0 Å². The van der Waals surface area contributed by atoms with Gasteiger partial charge >= 0.3 is 0 Å². The summed E-state index contributed by atoms with van der Waals surface area (Å²) in [5, 5.41) is 14.0. The lowest BCUT2D eigenvalue weighted by Gasteiger charge is -2.13. The van der Waals surface area contributed by atoms with Crippen LogP contribution in [0.1, 0.15) is 5.56 Å². The molecule has 0 bridgehead atoms. The molecule has 0 aliphatic rings. The Morgan fingerprint density at radius 1 is 1.37 bits per heavy atom. The molecule has 1 aromatic heterocycles.